The Morgan fingerprint density at radius 3 is 0.841 bits per heavy atom. The molecule has 7 aliphatic rings. The number of Topliss-reactive ketones (excluding diaryl/α,β-unsaturated/α-hetero) is 2. The highest BCUT2D eigenvalue weighted by atomic mass is 16.5. The lowest BCUT2D eigenvalue weighted by molar-refractivity contribution is -0.117. The van der Waals surface area contributed by atoms with Gasteiger partial charge in [0, 0.05) is 46.0 Å². The third kappa shape index (κ3) is 2.86. The Balaban J connectivity index is 1.33. The highest BCUT2D eigenvalue weighted by Gasteiger charge is 2.57. The van der Waals surface area contributed by atoms with Crippen LogP contribution >= 0.6 is 0 Å². The maximum Gasteiger partial charge on any atom is 0.187 e. The van der Waals surface area contributed by atoms with Crippen molar-refractivity contribution in [3.05, 3.63) is 140 Å². The molecule has 0 saturated carbocycles. The second-order valence-corrected chi connectivity index (χ2v) is 12.0. The van der Waals surface area contributed by atoms with E-state index in [0.29, 0.717) is 45.3 Å². The second-order valence-electron chi connectivity index (χ2n) is 12.0. The largest absolute Gasteiger partial charge is 0.493 e. The molecule has 0 N–H and O–H groups in total. The molecule has 0 aliphatic heterocycles. The van der Waals surface area contributed by atoms with Gasteiger partial charge in [-0.25, -0.2) is 0 Å². The van der Waals surface area contributed by atoms with E-state index < -0.39 is 11.8 Å². The van der Waals surface area contributed by atoms with Gasteiger partial charge in [-0.15, -0.1) is 0 Å². The molecule has 0 aromatic heterocycles. The summed E-state index contributed by atoms with van der Waals surface area (Å²) in [5.41, 5.74) is 10.6. The SMILES string of the molecule is COc1cc2c(cc1OC)C1C3=C(C(=O)C4=C(C3=O)C3c5ccccc5C4c4ccccc43)C2c2cc(OC)c(OC)cc21. The van der Waals surface area contributed by atoms with E-state index in [2.05, 4.69) is 24.3 Å². The number of hydrogen-bond acceptors (Lipinski definition) is 6. The molecule has 0 radical (unpaired) electrons. The first-order chi connectivity index (χ1) is 21.5. The lowest BCUT2D eigenvalue weighted by Gasteiger charge is -2.49. The molecule has 7 aliphatic carbocycles. The maximum absolute atomic E-state index is 15.1. The van der Waals surface area contributed by atoms with E-state index in [-0.39, 0.29) is 23.4 Å². The standard InChI is InChI=1S/C38H28O6/c1-41-25-13-21-22(14-26(25)42-2)32-24-16-28(44-4)27(43-3)15-23(24)31(21)35-36(32)38(40)34-30-19-11-7-5-9-17(19)29(33(34)37(35)39)18-10-6-8-12-20(18)30/h5-16,29-32H,1-4H3. The highest BCUT2D eigenvalue weighted by Crippen LogP contribution is 2.65. The van der Waals surface area contributed by atoms with E-state index in [4.69, 9.17) is 18.9 Å². The summed E-state index contributed by atoms with van der Waals surface area (Å²) in [6.45, 7) is 0. The fourth-order valence-corrected chi connectivity index (χ4v) is 8.73. The molecule has 0 heterocycles. The Morgan fingerprint density at radius 2 is 0.614 bits per heavy atom. The molecule has 44 heavy (non-hydrogen) atoms. The summed E-state index contributed by atoms with van der Waals surface area (Å²) in [5, 5.41) is 0. The number of methoxy groups -OCH3 is 4. The zero-order valence-corrected chi connectivity index (χ0v) is 24.7. The lowest BCUT2D eigenvalue weighted by Crippen LogP contribution is -2.43. The quantitative estimate of drug-likeness (QED) is 0.262. The average Bonchev–Trinajstić information content (AvgIpc) is 3.08. The highest BCUT2D eigenvalue weighted by molar-refractivity contribution is 6.30. The molecular formula is C38H28O6. The van der Waals surface area contributed by atoms with E-state index in [1.165, 1.54) is 0 Å². The van der Waals surface area contributed by atoms with Crippen molar-refractivity contribution in [2.24, 2.45) is 0 Å². The van der Waals surface area contributed by atoms with Gasteiger partial charge in [-0.1, -0.05) is 48.5 Å². The second kappa shape index (κ2) is 8.73. The lowest BCUT2D eigenvalue weighted by atomic mass is 9.51. The fraction of sp³-hybridized carbons (Fsp3) is 0.211. The van der Waals surface area contributed by atoms with Crippen LogP contribution in [-0.4, -0.2) is 40.0 Å². The predicted octanol–water partition coefficient (Wildman–Crippen LogP) is 6.35. The van der Waals surface area contributed by atoms with Gasteiger partial charge in [0.05, 0.1) is 28.4 Å². The van der Waals surface area contributed by atoms with Gasteiger partial charge in [0.15, 0.2) is 34.6 Å². The summed E-state index contributed by atoms with van der Waals surface area (Å²) >= 11 is 0. The number of benzene rings is 4. The Bertz CT molecular complexity index is 1830. The minimum absolute atomic E-state index is 0.0375. The Hall–Kier alpha value is -5.10. The number of allylic oxidation sites excluding steroid dienone is 4. The molecular weight excluding hydrogens is 552 g/mol. The van der Waals surface area contributed by atoms with Gasteiger partial charge in [-0.3, -0.25) is 9.59 Å². The molecule has 0 fully saturated rings. The molecule has 0 saturated heterocycles. The average molecular weight is 581 g/mol. The van der Waals surface area contributed by atoms with Gasteiger partial charge < -0.3 is 18.9 Å². The van der Waals surface area contributed by atoms with Crippen LogP contribution in [0.25, 0.3) is 0 Å². The Kier molecular flexibility index (Phi) is 5.04. The van der Waals surface area contributed by atoms with Crippen molar-refractivity contribution in [2.45, 2.75) is 23.7 Å². The summed E-state index contributed by atoms with van der Waals surface area (Å²) in [5.74, 6) is 0.718. The Labute approximate surface area is 254 Å². The Morgan fingerprint density at radius 1 is 0.386 bits per heavy atom. The maximum atomic E-state index is 15.1. The third-order valence-corrected chi connectivity index (χ3v) is 10.4. The summed E-state index contributed by atoms with van der Waals surface area (Å²) < 4.78 is 22.9. The first-order valence-electron chi connectivity index (χ1n) is 14.8. The first kappa shape index (κ1) is 25.4. The summed E-state index contributed by atoms with van der Waals surface area (Å²) in [4.78, 5) is 30.3. The molecule has 6 heteroatoms. The van der Waals surface area contributed by atoms with Crippen LogP contribution in [0.2, 0.25) is 0 Å². The summed E-state index contributed by atoms with van der Waals surface area (Å²) in [6, 6.07) is 24.4. The smallest absolute Gasteiger partial charge is 0.187 e. The molecule has 4 aromatic rings. The first-order valence-corrected chi connectivity index (χ1v) is 14.8. The van der Waals surface area contributed by atoms with E-state index >= 15 is 9.59 Å². The van der Waals surface area contributed by atoms with Gasteiger partial charge in [0.1, 0.15) is 0 Å². The number of hydrogen-bond donors (Lipinski definition) is 0. The molecule has 0 amide bonds. The predicted molar refractivity (Wildman–Crippen MR) is 163 cm³/mol. The van der Waals surface area contributed by atoms with E-state index in [1.54, 1.807) is 28.4 Å². The molecule has 4 aromatic carbocycles. The summed E-state index contributed by atoms with van der Waals surface area (Å²) in [6.07, 6.45) is 0. The molecule has 0 spiro atoms. The third-order valence-electron chi connectivity index (χ3n) is 10.4. The van der Waals surface area contributed by atoms with Crippen molar-refractivity contribution >= 4 is 11.6 Å². The molecule has 216 valence electrons. The monoisotopic (exact) mass is 580 g/mol. The van der Waals surface area contributed by atoms with Crippen molar-refractivity contribution in [3.8, 4) is 23.0 Å². The van der Waals surface area contributed by atoms with E-state index in [9.17, 15) is 0 Å². The topological polar surface area (TPSA) is 71.1 Å². The number of rotatable bonds is 4. The zero-order valence-electron chi connectivity index (χ0n) is 24.7. The van der Waals surface area contributed by atoms with Gasteiger partial charge >= 0.3 is 0 Å². The number of carbonyl (C=O) groups excluding carboxylic acids is 2. The molecule has 11 rings (SSSR count). The molecule has 0 atom stereocenters. The van der Waals surface area contributed by atoms with Crippen LogP contribution in [0.1, 0.15) is 68.2 Å². The van der Waals surface area contributed by atoms with Crippen molar-refractivity contribution in [2.75, 3.05) is 28.4 Å². The van der Waals surface area contributed by atoms with Crippen LogP contribution in [0.4, 0.5) is 0 Å². The summed E-state index contributed by atoms with van der Waals surface area (Å²) in [7, 11) is 6.44. The van der Waals surface area contributed by atoms with Crippen LogP contribution in [0.5, 0.6) is 23.0 Å². The van der Waals surface area contributed by atoms with Gasteiger partial charge in [-0.05, 0) is 68.8 Å². The van der Waals surface area contributed by atoms with Gasteiger partial charge in [0.25, 0.3) is 0 Å². The normalized spacial score (nSPS) is 22.9. The van der Waals surface area contributed by atoms with Gasteiger partial charge in [0.2, 0.25) is 0 Å². The van der Waals surface area contributed by atoms with Crippen LogP contribution in [-0.2, 0) is 9.59 Å². The van der Waals surface area contributed by atoms with E-state index in [1.807, 2.05) is 48.5 Å². The zero-order chi connectivity index (χ0) is 30.0. The molecule has 0 unspecified atom stereocenters. The number of carbonyl (C=O) groups is 2. The molecule has 6 nitrogen and oxygen atoms in total. The van der Waals surface area contributed by atoms with Crippen molar-refractivity contribution in [3.63, 3.8) is 0 Å². The van der Waals surface area contributed by atoms with Crippen LogP contribution in [0.3, 0.4) is 0 Å². The minimum Gasteiger partial charge on any atom is -0.493 e. The van der Waals surface area contributed by atoms with Gasteiger partial charge in [-0.2, -0.15) is 0 Å². The van der Waals surface area contributed by atoms with Crippen LogP contribution in [0, 0.1) is 0 Å². The fourth-order valence-electron chi connectivity index (χ4n) is 8.73. The van der Waals surface area contributed by atoms with E-state index in [0.717, 1.165) is 44.5 Å². The number of ketones is 2. The van der Waals surface area contributed by atoms with Crippen molar-refractivity contribution < 1.29 is 28.5 Å². The van der Waals surface area contributed by atoms with Crippen molar-refractivity contribution in [1.82, 2.24) is 0 Å². The molecule has 4 bridgehead atoms. The number of ether oxygens (including phenoxy) is 4. The van der Waals surface area contributed by atoms with Crippen LogP contribution in [0.15, 0.2) is 95.1 Å². The van der Waals surface area contributed by atoms with Crippen molar-refractivity contribution in [1.29, 1.82) is 0 Å². The minimum atomic E-state index is -0.476. The van der Waals surface area contributed by atoms with Crippen LogP contribution < -0.4 is 18.9 Å².